The van der Waals surface area contributed by atoms with Crippen LogP contribution in [0, 0.1) is 0 Å². The predicted molar refractivity (Wildman–Crippen MR) is 61.1 cm³/mol. The Balaban J connectivity index is 2.28. The van der Waals surface area contributed by atoms with E-state index in [1.807, 2.05) is 6.92 Å². The van der Waals surface area contributed by atoms with Crippen LogP contribution in [0.1, 0.15) is 26.7 Å². The number of carbonyl (C=O) groups excluding carboxylic acids is 1. The monoisotopic (exact) mass is 230 g/mol. The van der Waals surface area contributed by atoms with Gasteiger partial charge in [-0.3, -0.25) is 4.79 Å². The van der Waals surface area contributed by atoms with Gasteiger partial charge in [-0.15, -0.1) is 0 Å². The number of carbonyl (C=O) groups is 1. The summed E-state index contributed by atoms with van der Waals surface area (Å²) >= 11 is 0. The minimum Gasteiger partial charge on any atom is -0.376 e. The van der Waals surface area contributed by atoms with E-state index in [1.165, 1.54) is 0 Å². The third kappa shape index (κ3) is 4.08. The van der Waals surface area contributed by atoms with Crippen LogP contribution in [0.5, 0.6) is 0 Å². The molecule has 0 spiro atoms. The van der Waals surface area contributed by atoms with Crippen LogP contribution in [0.3, 0.4) is 0 Å². The zero-order chi connectivity index (χ0) is 12.0. The molecule has 1 heterocycles. The molecule has 0 aromatic heterocycles. The Morgan fingerprint density at radius 1 is 1.56 bits per heavy atom. The van der Waals surface area contributed by atoms with E-state index in [0.717, 1.165) is 6.42 Å². The average molecular weight is 230 g/mol. The van der Waals surface area contributed by atoms with Gasteiger partial charge < -0.3 is 20.5 Å². The predicted octanol–water partition coefficient (Wildman–Crippen LogP) is 0.0355. The van der Waals surface area contributed by atoms with Crippen LogP contribution in [-0.4, -0.2) is 43.9 Å². The van der Waals surface area contributed by atoms with Crippen molar-refractivity contribution in [3.63, 3.8) is 0 Å². The molecule has 16 heavy (non-hydrogen) atoms. The average Bonchev–Trinajstić information content (AvgIpc) is 2.27. The van der Waals surface area contributed by atoms with E-state index in [1.54, 1.807) is 6.92 Å². The number of amides is 1. The van der Waals surface area contributed by atoms with Crippen LogP contribution >= 0.6 is 0 Å². The van der Waals surface area contributed by atoms with Crippen molar-refractivity contribution in [1.82, 2.24) is 5.32 Å². The molecule has 5 heteroatoms. The standard InChI is InChI=1S/C11H22N2O3/c1-3-4-11(2,12)10(14)13-7-9-8-15-5-6-16-9/h9H,3-8,12H2,1-2H3,(H,13,14). The highest BCUT2D eigenvalue weighted by molar-refractivity contribution is 5.85. The first-order chi connectivity index (χ1) is 7.56. The van der Waals surface area contributed by atoms with Gasteiger partial charge in [0.25, 0.3) is 0 Å². The summed E-state index contributed by atoms with van der Waals surface area (Å²) in [7, 11) is 0. The molecule has 1 aliphatic rings. The Kier molecular flexibility index (Phi) is 5.18. The largest absolute Gasteiger partial charge is 0.376 e. The molecule has 5 nitrogen and oxygen atoms in total. The molecule has 0 radical (unpaired) electrons. The van der Waals surface area contributed by atoms with Gasteiger partial charge in [0, 0.05) is 6.54 Å². The summed E-state index contributed by atoms with van der Waals surface area (Å²) in [5.41, 5.74) is 5.11. The van der Waals surface area contributed by atoms with Crippen LogP contribution in [0.4, 0.5) is 0 Å². The van der Waals surface area contributed by atoms with Gasteiger partial charge in [-0.25, -0.2) is 0 Å². The molecular formula is C11H22N2O3. The lowest BCUT2D eigenvalue weighted by Crippen LogP contribution is -2.53. The first-order valence-corrected chi connectivity index (χ1v) is 5.83. The minimum absolute atomic E-state index is 0.0462. The highest BCUT2D eigenvalue weighted by Crippen LogP contribution is 2.08. The lowest BCUT2D eigenvalue weighted by molar-refractivity contribution is -0.128. The molecule has 94 valence electrons. The molecule has 1 rings (SSSR count). The van der Waals surface area contributed by atoms with E-state index in [4.69, 9.17) is 15.2 Å². The summed E-state index contributed by atoms with van der Waals surface area (Å²) in [6.07, 6.45) is 1.53. The SMILES string of the molecule is CCCC(C)(N)C(=O)NCC1COCCO1. The maximum absolute atomic E-state index is 11.8. The fourth-order valence-electron chi connectivity index (χ4n) is 1.70. The Morgan fingerprint density at radius 3 is 2.88 bits per heavy atom. The number of hydrogen-bond donors (Lipinski definition) is 2. The van der Waals surface area contributed by atoms with E-state index in [9.17, 15) is 4.79 Å². The summed E-state index contributed by atoms with van der Waals surface area (Å²) in [6, 6.07) is 0. The second-order valence-corrected chi connectivity index (χ2v) is 4.45. The van der Waals surface area contributed by atoms with Gasteiger partial charge in [0.2, 0.25) is 5.91 Å². The summed E-state index contributed by atoms with van der Waals surface area (Å²) in [4.78, 5) is 11.8. The van der Waals surface area contributed by atoms with Gasteiger partial charge in [-0.2, -0.15) is 0 Å². The smallest absolute Gasteiger partial charge is 0.239 e. The highest BCUT2D eigenvalue weighted by atomic mass is 16.6. The third-order valence-corrected chi connectivity index (χ3v) is 2.66. The van der Waals surface area contributed by atoms with Gasteiger partial charge in [-0.05, 0) is 13.3 Å². The molecule has 1 amide bonds. The van der Waals surface area contributed by atoms with Crippen LogP contribution in [0.25, 0.3) is 0 Å². The third-order valence-electron chi connectivity index (χ3n) is 2.66. The Morgan fingerprint density at radius 2 is 2.31 bits per heavy atom. The summed E-state index contributed by atoms with van der Waals surface area (Å²) in [5, 5.41) is 2.81. The molecular weight excluding hydrogens is 208 g/mol. The minimum atomic E-state index is -0.787. The molecule has 2 atom stereocenters. The number of hydrogen-bond acceptors (Lipinski definition) is 4. The highest BCUT2D eigenvalue weighted by Gasteiger charge is 2.27. The van der Waals surface area contributed by atoms with Crippen molar-refractivity contribution in [3.05, 3.63) is 0 Å². The maximum atomic E-state index is 11.8. The van der Waals surface area contributed by atoms with Crippen molar-refractivity contribution in [3.8, 4) is 0 Å². The molecule has 3 N–H and O–H groups in total. The molecule has 0 aromatic rings. The Hall–Kier alpha value is -0.650. The van der Waals surface area contributed by atoms with Crippen molar-refractivity contribution >= 4 is 5.91 Å². The van der Waals surface area contributed by atoms with E-state index < -0.39 is 5.54 Å². The Bertz CT molecular complexity index is 225. The summed E-state index contributed by atoms with van der Waals surface area (Å²) < 4.78 is 10.7. The summed E-state index contributed by atoms with van der Waals surface area (Å²) in [6.45, 7) is 6.00. The first kappa shape index (κ1) is 13.4. The van der Waals surface area contributed by atoms with Crippen LogP contribution < -0.4 is 11.1 Å². The number of nitrogens with two attached hydrogens (primary N) is 1. The van der Waals surface area contributed by atoms with E-state index in [0.29, 0.717) is 32.8 Å². The molecule has 1 fully saturated rings. The molecule has 1 saturated heterocycles. The number of rotatable bonds is 5. The maximum Gasteiger partial charge on any atom is 0.239 e. The number of nitrogens with one attached hydrogen (secondary N) is 1. The second-order valence-electron chi connectivity index (χ2n) is 4.45. The molecule has 0 aliphatic carbocycles. The zero-order valence-corrected chi connectivity index (χ0v) is 10.1. The van der Waals surface area contributed by atoms with Crippen LogP contribution in [0.15, 0.2) is 0 Å². The van der Waals surface area contributed by atoms with Gasteiger partial charge in [-0.1, -0.05) is 13.3 Å². The van der Waals surface area contributed by atoms with E-state index in [2.05, 4.69) is 5.32 Å². The fourth-order valence-corrected chi connectivity index (χ4v) is 1.70. The van der Waals surface area contributed by atoms with Crippen molar-refractivity contribution in [2.24, 2.45) is 5.73 Å². The molecule has 0 aromatic carbocycles. The lowest BCUT2D eigenvalue weighted by atomic mass is 9.96. The quantitative estimate of drug-likeness (QED) is 0.699. The van der Waals surface area contributed by atoms with Gasteiger partial charge >= 0.3 is 0 Å². The molecule has 2 unspecified atom stereocenters. The number of ether oxygens (including phenoxy) is 2. The normalized spacial score (nSPS) is 24.8. The molecule has 1 aliphatic heterocycles. The zero-order valence-electron chi connectivity index (χ0n) is 10.1. The second kappa shape index (κ2) is 6.18. The molecule has 0 saturated carbocycles. The van der Waals surface area contributed by atoms with Crippen LogP contribution in [-0.2, 0) is 14.3 Å². The van der Waals surface area contributed by atoms with Crippen molar-refractivity contribution in [1.29, 1.82) is 0 Å². The fraction of sp³-hybridized carbons (Fsp3) is 0.909. The van der Waals surface area contributed by atoms with Crippen molar-refractivity contribution in [2.45, 2.75) is 38.3 Å². The van der Waals surface area contributed by atoms with Crippen molar-refractivity contribution < 1.29 is 14.3 Å². The summed E-state index contributed by atoms with van der Waals surface area (Å²) in [5.74, 6) is -0.122. The first-order valence-electron chi connectivity index (χ1n) is 5.83. The van der Waals surface area contributed by atoms with Crippen LogP contribution in [0.2, 0.25) is 0 Å². The van der Waals surface area contributed by atoms with Gasteiger partial charge in [0.1, 0.15) is 0 Å². The van der Waals surface area contributed by atoms with Gasteiger partial charge in [0.15, 0.2) is 0 Å². The lowest BCUT2D eigenvalue weighted by Gasteiger charge is -2.26. The van der Waals surface area contributed by atoms with Gasteiger partial charge in [0.05, 0.1) is 31.5 Å². The van der Waals surface area contributed by atoms with E-state index >= 15 is 0 Å². The Labute approximate surface area is 96.7 Å². The van der Waals surface area contributed by atoms with E-state index in [-0.39, 0.29) is 12.0 Å². The topological polar surface area (TPSA) is 73.6 Å². The molecule has 0 bridgehead atoms. The van der Waals surface area contributed by atoms with Crippen molar-refractivity contribution in [2.75, 3.05) is 26.4 Å².